The van der Waals surface area contributed by atoms with Crippen molar-refractivity contribution in [2.75, 3.05) is 6.61 Å². The quantitative estimate of drug-likeness (QED) is 0.398. The Morgan fingerprint density at radius 3 is 2.53 bits per heavy atom. The monoisotopic (exact) mass is 214 g/mol. The number of carbonyl (C=O) groups excluding carboxylic acids is 2. The first-order valence-corrected chi connectivity index (χ1v) is 4.44. The van der Waals surface area contributed by atoms with Crippen LogP contribution in [0.4, 0.5) is 4.79 Å². The Hall–Kier alpha value is -1.78. The maximum Gasteiger partial charge on any atom is 0.513 e. The molecule has 0 aromatic carbocycles. The van der Waals surface area contributed by atoms with Crippen LogP contribution in [-0.4, -0.2) is 18.7 Å². The summed E-state index contributed by atoms with van der Waals surface area (Å²) in [5.41, 5.74) is 0. The fourth-order valence-corrected chi connectivity index (χ4v) is 0.605. The normalized spacial score (nSPS) is 10.4. The third-order valence-electron chi connectivity index (χ3n) is 1.16. The van der Waals surface area contributed by atoms with E-state index in [1.165, 1.54) is 13.0 Å². The van der Waals surface area contributed by atoms with Gasteiger partial charge in [-0.25, -0.2) is 4.79 Å². The third-order valence-corrected chi connectivity index (χ3v) is 1.16. The molecule has 0 aromatic heterocycles. The van der Waals surface area contributed by atoms with Crippen LogP contribution in [0, 0.1) is 0 Å². The Bertz CT molecular complexity index is 267. The van der Waals surface area contributed by atoms with Crippen LogP contribution in [0.25, 0.3) is 0 Å². The van der Waals surface area contributed by atoms with Crippen molar-refractivity contribution in [1.82, 2.24) is 0 Å². The Kier molecular flexibility index (Phi) is 6.70. The van der Waals surface area contributed by atoms with Crippen LogP contribution in [0.15, 0.2) is 24.7 Å². The van der Waals surface area contributed by atoms with Crippen molar-refractivity contribution < 1.29 is 23.8 Å². The van der Waals surface area contributed by atoms with Crippen molar-refractivity contribution >= 4 is 12.1 Å². The van der Waals surface area contributed by atoms with Crippen molar-refractivity contribution in [1.29, 1.82) is 0 Å². The van der Waals surface area contributed by atoms with E-state index in [1.54, 1.807) is 0 Å². The van der Waals surface area contributed by atoms with Gasteiger partial charge in [-0.1, -0.05) is 13.5 Å². The summed E-state index contributed by atoms with van der Waals surface area (Å²) in [5, 5.41) is 0. The highest BCUT2D eigenvalue weighted by Crippen LogP contribution is 2.00. The lowest BCUT2D eigenvalue weighted by atomic mass is 10.5. The summed E-state index contributed by atoms with van der Waals surface area (Å²) in [7, 11) is 0. The number of hydrogen-bond acceptors (Lipinski definition) is 5. The summed E-state index contributed by atoms with van der Waals surface area (Å²) in [6, 6.07) is 0. The van der Waals surface area contributed by atoms with E-state index in [0.29, 0.717) is 6.42 Å². The number of ether oxygens (including phenoxy) is 3. The van der Waals surface area contributed by atoms with Crippen LogP contribution in [0.2, 0.25) is 0 Å². The maximum atomic E-state index is 10.8. The molecule has 0 amide bonds. The molecule has 0 saturated heterocycles. The maximum absolute atomic E-state index is 10.8. The van der Waals surface area contributed by atoms with Gasteiger partial charge >= 0.3 is 12.1 Å². The van der Waals surface area contributed by atoms with Gasteiger partial charge in [-0.3, -0.25) is 4.79 Å². The molecule has 0 fully saturated rings. The van der Waals surface area contributed by atoms with Gasteiger partial charge in [0.25, 0.3) is 0 Å². The van der Waals surface area contributed by atoms with E-state index in [-0.39, 0.29) is 12.4 Å². The number of carbonyl (C=O) groups is 2. The first kappa shape index (κ1) is 13.2. The number of hydrogen-bond donors (Lipinski definition) is 0. The molecule has 5 heteroatoms. The summed E-state index contributed by atoms with van der Waals surface area (Å²) in [4.78, 5) is 21.4. The van der Waals surface area contributed by atoms with Gasteiger partial charge in [0.05, 0.1) is 6.61 Å². The van der Waals surface area contributed by atoms with E-state index in [9.17, 15) is 9.59 Å². The molecule has 0 heterocycles. The lowest BCUT2D eigenvalue weighted by Crippen LogP contribution is -2.05. The minimum absolute atomic E-state index is 0.0518. The molecular formula is C10H14O5. The standard InChI is InChI=1S/C10H14O5/c1-4-6-13-10(12)14-7-9(5-2)15-8(3)11/h5,7H,2,4,6H2,1,3H3. The SMILES string of the molecule is C=CC(=COC(=O)OCCC)OC(C)=O. The van der Waals surface area contributed by atoms with E-state index in [1.807, 2.05) is 6.92 Å². The van der Waals surface area contributed by atoms with Crippen LogP contribution < -0.4 is 0 Å². The van der Waals surface area contributed by atoms with Gasteiger partial charge in [-0.05, 0) is 12.5 Å². The van der Waals surface area contributed by atoms with Gasteiger partial charge in [0, 0.05) is 6.92 Å². The average molecular weight is 214 g/mol. The zero-order chi connectivity index (χ0) is 11.7. The lowest BCUT2D eigenvalue weighted by Gasteiger charge is -2.03. The molecule has 84 valence electrons. The summed E-state index contributed by atoms with van der Waals surface area (Å²) in [6.45, 7) is 6.75. The Morgan fingerprint density at radius 1 is 1.40 bits per heavy atom. The third kappa shape index (κ3) is 7.30. The molecule has 0 rings (SSSR count). The van der Waals surface area contributed by atoms with Gasteiger partial charge in [0.2, 0.25) is 0 Å². The van der Waals surface area contributed by atoms with E-state index >= 15 is 0 Å². The smallest absolute Gasteiger partial charge is 0.434 e. The van der Waals surface area contributed by atoms with Gasteiger partial charge in [0.15, 0.2) is 5.76 Å². The molecule has 15 heavy (non-hydrogen) atoms. The summed E-state index contributed by atoms with van der Waals surface area (Å²) in [5.74, 6) is -0.470. The van der Waals surface area contributed by atoms with Crippen molar-refractivity contribution in [3.05, 3.63) is 24.7 Å². The first-order chi connectivity index (χ1) is 7.10. The number of allylic oxidation sites excluding steroid dienone is 1. The molecule has 0 spiro atoms. The van der Waals surface area contributed by atoms with Crippen molar-refractivity contribution in [2.24, 2.45) is 0 Å². The van der Waals surface area contributed by atoms with Crippen LogP contribution in [0.1, 0.15) is 20.3 Å². The summed E-state index contributed by atoms with van der Waals surface area (Å²) in [6.07, 6.45) is 2.07. The highest BCUT2D eigenvalue weighted by Gasteiger charge is 2.03. The molecule has 0 bridgehead atoms. The van der Waals surface area contributed by atoms with Gasteiger partial charge < -0.3 is 14.2 Å². The fraction of sp³-hybridized carbons (Fsp3) is 0.400. The second-order valence-electron chi connectivity index (χ2n) is 2.53. The highest BCUT2D eigenvalue weighted by molar-refractivity contribution is 5.67. The lowest BCUT2D eigenvalue weighted by molar-refractivity contribution is -0.136. The molecule has 0 aromatic rings. The summed E-state index contributed by atoms with van der Waals surface area (Å²) >= 11 is 0. The largest absolute Gasteiger partial charge is 0.513 e. The molecule has 0 aliphatic heterocycles. The number of esters is 1. The zero-order valence-corrected chi connectivity index (χ0v) is 8.82. The predicted octanol–water partition coefficient (Wildman–Crippen LogP) is 2.14. The Balaban J connectivity index is 4.04. The van der Waals surface area contributed by atoms with Crippen LogP contribution >= 0.6 is 0 Å². The van der Waals surface area contributed by atoms with E-state index in [0.717, 1.165) is 6.26 Å². The van der Waals surface area contributed by atoms with Crippen molar-refractivity contribution in [3.63, 3.8) is 0 Å². The molecular weight excluding hydrogens is 200 g/mol. The van der Waals surface area contributed by atoms with E-state index < -0.39 is 12.1 Å². The Morgan fingerprint density at radius 2 is 2.07 bits per heavy atom. The fourth-order valence-electron chi connectivity index (χ4n) is 0.605. The molecule has 0 unspecified atom stereocenters. The molecule has 0 saturated carbocycles. The van der Waals surface area contributed by atoms with Gasteiger partial charge in [-0.2, -0.15) is 0 Å². The van der Waals surface area contributed by atoms with E-state index in [4.69, 9.17) is 0 Å². The summed E-state index contributed by atoms with van der Waals surface area (Å²) < 4.78 is 13.8. The molecule has 0 atom stereocenters. The molecule has 0 radical (unpaired) electrons. The van der Waals surface area contributed by atoms with E-state index in [2.05, 4.69) is 20.8 Å². The Labute approximate surface area is 88.3 Å². The van der Waals surface area contributed by atoms with Crippen molar-refractivity contribution in [3.8, 4) is 0 Å². The van der Waals surface area contributed by atoms with Gasteiger partial charge in [0.1, 0.15) is 6.26 Å². The number of rotatable bonds is 5. The van der Waals surface area contributed by atoms with Gasteiger partial charge in [-0.15, -0.1) is 0 Å². The molecule has 5 nitrogen and oxygen atoms in total. The molecule has 0 aliphatic carbocycles. The average Bonchev–Trinajstić information content (AvgIpc) is 2.20. The molecule has 0 N–H and O–H groups in total. The highest BCUT2D eigenvalue weighted by atomic mass is 16.7. The zero-order valence-electron chi connectivity index (χ0n) is 8.82. The van der Waals surface area contributed by atoms with Crippen molar-refractivity contribution in [2.45, 2.75) is 20.3 Å². The minimum Gasteiger partial charge on any atom is -0.434 e. The minimum atomic E-state index is -0.844. The van der Waals surface area contributed by atoms with Crippen LogP contribution in [0.5, 0.6) is 0 Å². The second kappa shape index (κ2) is 7.61. The van der Waals surface area contributed by atoms with Crippen LogP contribution in [0.3, 0.4) is 0 Å². The molecule has 0 aliphatic rings. The first-order valence-electron chi connectivity index (χ1n) is 4.44. The van der Waals surface area contributed by atoms with Crippen LogP contribution in [-0.2, 0) is 19.0 Å². The second-order valence-corrected chi connectivity index (χ2v) is 2.53. The predicted molar refractivity (Wildman–Crippen MR) is 52.8 cm³/mol. The topological polar surface area (TPSA) is 61.8 Å².